The number of halogens is 4. The molecule has 1 N–H and O–H groups in total. The maximum Gasteiger partial charge on any atom is 0.433 e. The molecule has 0 saturated carbocycles. The second kappa shape index (κ2) is 5.18. The Labute approximate surface area is 99.5 Å². The van der Waals surface area contributed by atoms with Crippen molar-refractivity contribution in [3.8, 4) is 0 Å². The summed E-state index contributed by atoms with van der Waals surface area (Å²) < 4.78 is 37.1. The van der Waals surface area contributed by atoms with E-state index >= 15 is 0 Å². The van der Waals surface area contributed by atoms with Crippen LogP contribution >= 0.6 is 11.6 Å². The Bertz CT molecular complexity index is 457. The Morgan fingerprint density at radius 1 is 1.47 bits per heavy atom. The van der Waals surface area contributed by atoms with E-state index in [1.165, 1.54) is 18.2 Å². The minimum Gasteiger partial charge on any atom is -0.481 e. The third kappa shape index (κ3) is 4.44. The van der Waals surface area contributed by atoms with Crippen molar-refractivity contribution in [1.82, 2.24) is 4.98 Å². The molecule has 1 aromatic heterocycles. The smallest absolute Gasteiger partial charge is 0.433 e. The highest BCUT2D eigenvalue weighted by Crippen LogP contribution is 2.29. The summed E-state index contributed by atoms with van der Waals surface area (Å²) in [7, 11) is 0. The molecule has 0 unspecified atom stereocenters. The van der Waals surface area contributed by atoms with Crippen LogP contribution in [0.2, 0.25) is 5.15 Å². The first-order chi connectivity index (χ1) is 7.79. The number of hydrogen-bond donors (Lipinski definition) is 1. The zero-order valence-electron chi connectivity index (χ0n) is 8.33. The van der Waals surface area contributed by atoms with Crippen molar-refractivity contribution in [3.05, 3.63) is 34.6 Å². The molecule has 17 heavy (non-hydrogen) atoms. The van der Waals surface area contributed by atoms with Gasteiger partial charge in [0.1, 0.15) is 10.8 Å². The first kappa shape index (κ1) is 13.5. The van der Waals surface area contributed by atoms with Crippen LogP contribution in [0.25, 0.3) is 6.08 Å². The van der Waals surface area contributed by atoms with Gasteiger partial charge in [-0.2, -0.15) is 13.2 Å². The van der Waals surface area contributed by atoms with Crippen LogP contribution in [-0.2, 0) is 11.0 Å². The topological polar surface area (TPSA) is 50.2 Å². The van der Waals surface area contributed by atoms with Crippen LogP contribution in [0.4, 0.5) is 13.2 Å². The van der Waals surface area contributed by atoms with Crippen molar-refractivity contribution in [2.45, 2.75) is 12.6 Å². The second-order valence-corrected chi connectivity index (χ2v) is 3.49. The summed E-state index contributed by atoms with van der Waals surface area (Å²) in [6.45, 7) is 0. The molecule has 92 valence electrons. The van der Waals surface area contributed by atoms with Crippen LogP contribution in [-0.4, -0.2) is 16.1 Å². The molecule has 3 nitrogen and oxygen atoms in total. The van der Waals surface area contributed by atoms with Gasteiger partial charge in [-0.05, 0) is 17.7 Å². The van der Waals surface area contributed by atoms with Crippen LogP contribution in [0, 0.1) is 0 Å². The van der Waals surface area contributed by atoms with Crippen molar-refractivity contribution in [1.29, 1.82) is 0 Å². The van der Waals surface area contributed by atoms with E-state index in [4.69, 9.17) is 16.7 Å². The highest BCUT2D eigenvalue weighted by atomic mass is 35.5. The van der Waals surface area contributed by atoms with Gasteiger partial charge in [0, 0.05) is 0 Å². The predicted octanol–water partition coefficient (Wildman–Crippen LogP) is 3.24. The van der Waals surface area contributed by atoms with E-state index in [0.717, 1.165) is 6.07 Å². The standard InChI is InChI=1S/C10H7ClF3NO2/c11-8-5-6(2-1-3-9(16)17)4-7(15-8)10(12,13)14/h1-2,4-5H,3H2,(H,16,17). The van der Waals surface area contributed by atoms with E-state index in [-0.39, 0.29) is 17.1 Å². The first-order valence-corrected chi connectivity index (χ1v) is 4.80. The Morgan fingerprint density at radius 2 is 2.12 bits per heavy atom. The van der Waals surface area contributed by atoms with Gasteiger partial charge in [0.15, 0.2) is 0 Å². The largest absolute Gasteiger partial charge is 0.481 e. The van der Waals surface area contributed by atoms with Gasteiger partial charge in [0.05, 0.1) is 6.42 Å². The second-order valence-electron chi connectivity index (χ2n) is 3.11. The number of carboxylic acids is 1. The van der Waals surface area contributed by atoms with Crippen LogP contribution in [0.1, 0.15) is 17.7 Å². The van der Waals surface area contributed by atoms with E-state index in [1.807, 2.05) is 0 Å². The predicted molar refractivity (Wildman–Crippen MR) is 55.5 cm³/mol. The average Bonchev–Trinajstić information content (AvgIpc) is 2.14. The summed E-state index contributed by atoms with van der Waals surface area (Å²) in [4.78, 5) is 13.4. The van der Waals surface area contributed by atoms with Crippen molar-refractivity contribution in [2.75, 3.05) is 0 Å². The molecule has 0 aromatic carbocycles. The molecule has 0 fully saturated rings. The molecular formula is C10H7ClF3NO2. The summed E-state index contributed by atoms with van der Waals surface area (Å²) in [5, 5.41) is 8.06. The van der Waals surface area contributed by atoms with E-state index in [1.54, 1.807) is 0 Å². The number of alkyl halides is 3. The summed E-state index contributed by atoms with van der Waals surface area (Å²) >= 11 is 5.44. The lowest BCUT2D eigenvalue weighted by Gasteiger charge is -2.06. The number of nitrogens with zero attached hydrogens (tertiary/aromatic N) is 1. The molecule has 0 atom stereocenters. The van der Waals surface area contributed by atoms with Crippen molar-refractivity contribution < 1.29 is 23.1 Å². The molecule has 0 aliphatic carbocycles. The lowest BCUT2D eigenvalue weighted by atomic mass is 10.2. The van der Waals surface area contributed by atoms with Gasteiger partial charge in [0.25, 0.3) is 0 Å². The molecule has 0 aliphatic rings. The molecule has 1 heterocycles. The quantitative estimate of drug-likeness (QED) is 0.854. The summed E-state index contributed by atoms with van der Waals surface area (Å²) in [5.41, 5.74) is -0.960. The first-order valence-electron chi connectivity index (χ1n) is 4.42. The lowest BCUT2D eigenvalue weighted by Crippen LogP contribution is -2.08. The fourth-order valence-corrected chi connectivity index (χ4v) is 1.27. The number of pyridine rings is 1. The monoisotopic (exact) mass is 265 g/mol. The zero-order valence-corrected chi connectivity index (χ0v) is 9.09. The zero-order chi connectivity index (χ0) is 13.1. The lowest BCUT2D eigenvalue weighted by molar-refractivity contribution is -0.141. The van der Waals surface area contributed by atoms with Crippen molar-refractivity contribution in [2.24, 2.45) is 0 Å². The van der Waals surface area contributed by atoms with Gasteiger partial charge in [-0.15, -0.1) is 0 Å². The minimum atomic E-state index is -4.58. The summed E-state index contributed by atoms with van der Waals surface area (Å²) in [6.07, 6.45) is -2.38. The summed E-state index contributed by atoms with van der Waals surface area (Å²) in [5.74, 6) is -1.07. The van der Waals surface area contributed by atoms with Crippen LogP contribution in [0.3, 0.4) is 0 Å². The Morgan fingerprint density at radius 3 is 2.65 bits per heavy atom. The number of aliphatic carboxylic acids is 1. The molecule has 1 rings (SSSR count). The fourth-order valence-electron chi connectivity index (χ4n) is 1.05. The molecule has 0 saturated heterocycles. The third-order valence-electron chi connectivity index (χ3n) is 1.71. The van der Waals surface area contributed by atoms with E-state index in [2.05, 4.69) is 4.98 Å². The minimum absolute atomic E-state index is 0.151. The molecule has 1 aromatic rings. The average molecular weight is 266 g/mol. The Hall–Kier alpha value is -1.56. The number of rotatable bonds is 3. The third-order valence-corrected chi connectivity index (χ3v) is 1.90. The highest BCUT2D eigenvalue weighted by molar-refractivity contribution is 6.29. The maximum absolute atomic E-state index is 12.4. The SMILES string of the molecule is O=C(O)CC=Cc1cc(Cl)nc(C(F)(F)F)c1. The number of aromatic nitrogens is 1. The van der Waals surface area contributed by atoms with E-state index < -0.39 is 17.8 Å². The van der Waals surface area contributed by atoms with Gasteiger partial charge >= 0.3 is 12.1 Å². The van der Waals surface area contributed by atoms with Gasteiger partial charge in [-0.1, -0.05) is 23.8 Å². The van der Waals surface area contributed by atoms with Gasteiger partial charge in [-0.25, -0.2) is 4.98 Å². The van der Waals surface area contributed by atoms with E-state index in [0.29, 0.717) is 0 Å². The van der Waals surface area contributed by atoms with Crippen LogP contribution in [0.5, 0.6) is 0 Å². The maximum atomic E-state index is 12.4. The number of carbonyl (C=O) groups is 1. The Balaban J connectivity index is 2.98. The van der Waals surface area contributed by atoms with Gasteiger partial charge in [0.2, 0.25) is 0 Å². The molecule has 0 amide bonds. The molecule has 0 radical (unpaired) electrons. The normalized spacial score (nSPS) is 12.0. The fraction of sp³-hybridized carbons (Fsp3) is 0.200. The highest BCUT2D eigenvalue weighted by Gasteiger charge is 2.32. The molecule has 7 heteroatoms. The van der Waals surface area contributed by atoms with Crippen LogP contribution in [0.15, 0.2) is 18.2 Å². The molecule has 0 bridgehead atoms. The molecular weight excluding hydrogens is 259 g/mol. The van der Waals surface area contributed by atoms with E-state index in [9.17, 15) is 18.0 Å². The van der Waals surface area contributed by atoms with Crippen LogP contribution < -0.4 is 0 Å². The molecule has 0 spiro atoms. The number of hydrogen-bond acceptors (Lipinski definition) is 2. The summed E-state index contributed by atoms with van der Waals surface area (Å²) in [6, 6.07) is 2.01. The molecule has 0 aliphatic heterocycles. The Kier molecular flexibility index (Phi) is 4.11. The van der Waals surface area contributed by atoms with Gasteiger partial charge < -0.3 is 5.11 Å². The van der Waals surface area contributed by atoms with Crippen molar-refractivity contribution in [3.63, 3.8) is 0 Å². The van der Waals surface area contributed by atoms with Crippen molar-refractivity contribution >= 4 is 23.6 Å². The van der Waals surface area contributed by atoms with Gasteiger partial charge in [-0.3, -0.25) is 4.79 Å². The number of carboxylic acid groups (broad SMARTS) is 1.